The second-order valence-electron chi connectivity index (χ2n) is 7.40. The summed E-state index contributed by atoms with van der Waals surface area (Å²) in [4.78, 5) is 36.9. The summed E-state index contributed by atoms with van der Waals surface area (Å²) in [6.07, 6.45) is -1.01. The van der Waals surface area contributed by atoms with Crippen molar-refractivity contribution in [3.05, 3.63) is 35.9 Å². The van der Waals surface area contributed by atoms with Gasteiger partial charge in [0.2, 0.25) is 5.91 Å². The van der Waals surface area contributed by atoms with Crippen LogP contribution in [0.2, 0.25) is 0 Å². The number of carbonyl (C=O) groups excluding carboxylic acids is 3. The summed E-state index contributed by atoms with van der Waals surface area (Å²) in [6.45, 7) is 0.485. The lowest BCUT2D eigenvalue weighted by Gasteiger charge is -2.24. The number of methoxy groups -OCH3 is 1. The van der Waals surface area contributed by atoms with Crippen molar-refractivity contribution in [2.24, 2.45) is 0 Å². The van der Waals surface area contributed by atoms with Crippen LogP contribution in [-0.4, -0.2) is 62.6 Å². The predicted octanol–water partition coefficient (Wildman–Crippen LogP) is 1.99. The Morgan fingerprint density at radius 2 is 1.65 bits per heavy atom. The highest BCUT2D eigenvalue weighted by Gasteiger charge is 2.30. The van der Waals surface area contributed by atoms with Crippen molar-refractivity contribution >= 4 is 18.0 Å². The normalized spacial score (nSPS) is 13.3. The molecule has 1 aromatic rings. The number of carbonyl (C=O) groups is 3. The Bertz CT molecular complexity index is 711. The molecule has 0 bridgehead atoms. The Hall–Kier alpha value is -2.79. The highest BCUT2D eigenvalue weighted by Crippen LogP contribution is 2.08. The van der Waals surface area contributed by atoms with Gasteiger partial charge >= 0.3 is 18.7 Å². The van der Waals surface area contributed by atoms with E-state index in [-0.39, 0.29) is 13.2 Å². The second kappa shape index (κ2) is 12.8. The maximum Gasteiger partial charge on any atom is 0.408 e. The van der Waals surface area contributed by atoms with Crippen molar-refractivity contribution in [1.29, 1.82) is 0 Å². The minimum absolute atomic E-state index is 0.0379. The summed E-state index contributed by atoms with van der Waals surface area (Å²) >= 11 is 0. The average molecular weight is 446 g/mol. The van der Waals surface area contributed by atoms with Gasteiger partial charge in [0.1, 0.15) is 18.2 Å². The van der Waals surface area contributed by atoms with Crippen LogP contribution < -0.4 is 10.6 Å². The molecule has 31 heavy (non-hydrogen) atoms. The van der Waals surface area contributed by atoms with Crippen molar-refractivity contribution in [2.45, 2.75) is 51.7 Å². The number of amides is 2. The van der Waals surface area contributed by atoms with Gasteiger partial charge in [-0.05, 0) is 26.3 Å². The Morgan fingerprint density at radius 3 is 2.19 bits per heavy atom. The fourth-order valence-electron chi connectivity index (χ4n) is 2.24. The number of esters is 1. The summed E-state index contributed by atoms with van der Waals surface area (Å²) in [5, 5.41) is 4.46. The zero-order valence-corrected chi connectivity index (χ0v) is 17.9. The standard InChI is InChI=1S/C20H28F2N2O7/c1-20(2,3)31-19(27)24-14(12-30-18(21)22)16(25)23-15(11-28-4)17(26)29-10-13-8-6-5-7-9-13/h5-9,14-15,18H,10-12H2,1-4H3,(H,23,25)(H,24,27)/t14-,15-/m0/s1. The van der Waals surface area contributed by atoms with E-state index in [1.807, 2.05) is 0 Å². The van der Waals surface area contributed by atoms with Gasteiger partial charge in [0, 0.05) is 7.11 Å². The zero-order chi connectivity index (χ0) is 23.4. The average Bonchev–Trinajstić information content (AvgIpc) is 2.68. The minimum Gasteiger partial charge on any atom is -0.459 e. The molecule has 0 spiro atoms. The molecule has 1 rings (SSSR count). The lowest BCUT2D eigenvalue weighted by Crippen LogP contribution is -2.55. The number of hydrogen-bond donors (Lipinski definition) is 2. The fourth-order valence-corrected chi connectivity index (χ4v) is 2.24. The molecule has 9 nitrogen and oxygen atoms in total. The summed E-state index contributed by atoms with van der Waals surface area (Å²) in [5.41, 5.74) is -0.151. The summed E-state index contributed by atoms with van der Waals surface area (Å²) in [7, 11) is 1.31. The molecule has 0 saturated heterocycles. The van der Waals surface area contributed by atoms with Crippen LogP contribution in [0.3, 0.4) is 0 Å². The lowest BCUT2D eigenvalue weighted by molar-refractivity contribution is -0.153. The van der Waals surface area contributed by atoms with E-state index < -0.39 is 48.9 Å². The first-order chi connectivity index (χ1) is 14.5. The molecule has 0 aliphatic carbocycles. The van der Waals surface area contributed by atoms with Gasteiger partial charge in [0.15, 0.2) is 6.04 Å². The molecule has 1 aromatic carbocycles. The van der Waals surface area contributed by atoms with E-state index >= 15 is 0 Å². The Kier molecular flexibility index (Phi) is 10.8. The SMILES string of the molecule is COC[C@H](NC(=O)[C@H](COC(F)F)NC(=O)OC(C)(C)C)C(=O)OCc1ccccc1. The number of nitrogens with one attached hydrogen (secondary N) is 2. The molecule has 2 amide bonds. The van der Waals surface area contributed by atoms with Crippen molar-refractivity contribution in [2.75, 3.05) is 20.3 Å². The van der Waals surface area contributed by atoms with E-state index in [2.05, 4.69) is 15.4 Å². The van der Waals surface area contributed by atoms with Gasteiger partial charge in [0.05, 0.1) is 13.2 Å². The van der Waals surface area contributed by atoms with Crippen LogP contribution in [0.4, 0.5) is 13.6 Å². The molecule has 174 valence electrons. The number of benzene rings is 1. The van der Waals surface area contributed by atoms with Gasteiger partial charge in [-0.15, -0.1) is 0 Å². The number of alkyl carbamates (subject to hydrolysis) is 1. The van der Waals surface area contributed by atoms with Crippen LogP contribution in [0, 0.1) is 0 Å². The van der Waals surface area contributed by atoms with Crippen LogP contribution in [-0.2, 0) is 35.1 Å². The van der Waals surface area contributed by atoms with E-state index in [0.29, 0.717) is 0 Å². The highest BCUT2D eigenvalue weighted by molar-refractivity contribution is 5.89. The molecule has 0 heterocycles. The molecule has 2 atom stereocenters. The van der Waals surface area contributed by atoms with Gasteiger partial charge < -0.3 is 29.6 Å². The number of rotatable bonds is 11. The molecule has 0 aromatic heterocycles. The van der Waals surface area contributed by atoms with Crippen LogP contribution in [0.1, 0.15) is 26.3 Å². The summed E-state index contributed by atoms with van der Waals surface area (Å²) in [5.74, 6) is -1.75. The van der Waals surface area contributed by atoms with Crippen molar-refractivity contribution in [3.8, 4) is 0 Å². The third-order valence-corrected chi connectivity index (χ3v) is 3.55. The van der Waals surface area contributed by atoms with Gasteiger partial charge in [-0.3, -0.25) is 4.79 Å². The van der Waals surface area contributed by atoms with E-state index in [9.17, 15) is 23.2 Å². The highest BCUT2D eigenvalue weighted by atomic mass is 19.3. The maximum atomic E-state index is 12.6. The van der Waals surface area contributed by atoms with Crippen LogP contribution in [0.25, 0.3) is 0 Å². The monoisotopic (exact) mass is 446 g/mol. The Balaban J connectivity index is 2.78. The Labute approximate surface area is 179 Å². The molecule has 11 heteroatoms. The first-order valence-electron chi connectivity index (χ1n) is 9.41. The first kappa shape index (κ1) is 26.2. The molecule has 0 radical (unpaired) electrons. The van der Waals surface area contributed by atoms with Crippen molar-refractivity contribution in [1.82, 2.24) is 10.6 Å². The second-order valence-corrected chi connectivity index (χ2v) is 7.40. The molecule has 0 saturated carbocycles. The zero-order valence-electron chi connectivity index (χ0n) is 17.9. The number of alkyl halides is 2. The topological polar surface area (TPSA) is 112 Å². The van der Waals surface area contributed by atoms with Crippen LogP contribution >= 0.6 is 0 Å². The number of ether oxygens (including phenoxy) is 4. The van der Waals surface area contributed by atoms with E-state index in [0.717, 1.165) is 5.56 Å². The van der Waals surface area contributed by atoms with E-state index in [1.165, 1.54) is 7.11 Å². The lowest BCUT2D eigenvalue weighted by atomic mass is 10.2. The summed E-state index contributed by atoms with van der Waals surface area (Å²) < 4.78 is 44.2. The molecule has 2 N–H and O–H groups in total. The third kappa shape index (κ3) is 11.2. The maximum absolute atomic E-state index is 12.6. The molecular weight excluding hydrogens is 418 g/mol. The van der Waals surface area contributed by atoms with Gasteiger partial charge in [-0.25, -0.2) is 9.59 Å². The Morgan fingerprint density at radius 1 is 1.00 bits per heavy atom. The van der Waals surface area contributed by atoms with E-state index in [4.69, 9.17) is 14.2 Å². The van der Waals surface area contributed by atoms with Gasteiger partial charge in [-0.2, -0.15) is 8.78 Å². The van der Waals surface area contributed by atoms with Gasteiger partial charge in [-0.1, -0.05) is 30.3 Å². The largest absolute Gasteiger partial charge is 0.459 e. The number of hydrogen-bond acceptors (Lipinski definition) is 7. The van der Waals surface area contributed by atoms with Crippen molar-refractivity contribution < 1.29 is 42.1 Å². The molecular formula is C20H28F2N2O7. The van der Waals surface area contributed by atoms with Gasteiger partial charge in [0.25, 0.3) is 0 Å². The molecule has 0 aliphatic rings. The van der Waals surface area contributed by atoms with Crippen LogP contribution in [0.15, 0.2) is 30.3 Å². The third-order valence-electron chi connectivity index (χ3n) is 3.55. The number of halogens is 2. The quantitative estimate of drug-likeness (QED) is 0.500. The smallest absolute Gasteiger partial charge is 0.408 e. The molecule has 0 aliphatic heterocycles. The summed E-state index contributed by atoms with van der Waals surface area (Å²) in [6, 6.07) is 6.06. The first-order valence-corrected chi connectivity index (χ1v) is 9.41. The van der Waals surface area contributed by atoms with Crippen LogP contribution in [0.5, 0.6) is 0 Å². The van der Waals surface area contributed by atoms with Crippen molar-refractivity contribution in [3.63, 3.8) is 0 Å². The minimum atomic E-state index is -3.17. The molecule has 0 unspecified atom stereocenters. The van der Waals surface area contributed by atoms with E-state index in [1.54, 1.807) is 51.1 Å². The predicted molar refractivity (Wildman–Crippen MR) is 105 cm³/mol. The molecule has 0 fully saturated rings. The fraction of sp³-hybridized carbons (Fsp3) is 0.550.